The summed E-state index contributed by atoms with van der Waals surface area (Å²) in [6.45, 7) is 1.37. The van der Waals surface area contributed by atoms with E-state index in [1.807, 2.05) is 0 Å². The summed E-state index contributed by atoms with van der Waals surface area (Å²) >= 11 is 0. The van der Waals surface area contributed by atoms with Crippen LogP contribution in [-0.2, 0) is 4.79 Å². The number of carbonyl (C=O) groups is 2. The van der Waals surface area contributed by atoms with Gasteiger partial charge >= 0.3 is 0 Å². The summed E-state index contributed by atoms with van der Waals surface area (Å²) in [4.78, 5) is 23.7. The van der Waals surface area contributed by atoms with Crippen molar-refractivity contribution in [2.24, 2.45) is 5.10 Å². The van der Waals surface area contributed by atoms with Gasteiger partial charge in [0.15, 0.2) is 11.5 Å². The van der Waals surface area contributed by atoms with Gasteiger partial charge in [0.05, 0.1) is 32.0 Å². The van der Waals surface area contributed by atoms with Crippen LogP contribution in [0.1, 0.15) is 22.8 Å². The van der Waals surface area contributed by atoms with Crippen LogP contribution in [0.3, 0.4) is 0 Å². The number of ether oxygens (including phenoxy) is 2. The van der Waals surface area contributed by atoms with E-state index in [-0.39, 0.29) is 12.1 Å². The number of methoxy groups -OCH3 is 2. The van der Waals surface area contributed by atoms with Crippen LogP contribution < -0.4 is 20.2 Å². The third-order valence-electron chi connectivity index (χ3n) is 3.68. The van der Waals surface area contributed by atoms with E-state index in [9.17, 15) is 14.0 Å². The standard InChI is InChI=1S/C19H20FN3O4/c1-12(13-8-9-16(26-2)17(10-13)27-3)22-23-18(24)11-21-19(25)14-6-4-5-7-15(14)20/h4-10H,11H2,1-3H3,(H,21,25)(H,23,24)/b22-12-. The Bertz CT molecular complexity index is 868. The first-order valence-electron chi connectivity index (χ1n) is 8.04. The molecule has 0 saturated heterocycles. The van der Waals surface area contributed by atoms with Gasteiger partial charge in [0.25, 0.3) is 11.8 Å². The molecule has 2 aromatic rings. The molecule has 142 valence electrons. The molecule has 0 aliphatic carbocycles. The molecule has 27 heavy (non-hydrogen) atoms. The van der Waals surface area contributed by atoms with Gasteiger partial charge in [0.2, 0.25) is 0 Å². The average Bonchev–Trinajstić information content (AvgIpc) is 2.69. The fraction of sp³-hybridized carbons (Fsp3) is 0.211. The molecule has 7 nitrogen and oxygen atoms in total. The number of nitrogens with one attached hydrogen (secondary N) is 2. The molecule has 0 fully saturated rings. The minimum absolute atomic E-state index is 0.129. The number of benzene rings is 2. The van der Waals surface area contributed by atoms with E-state index in [1.165, 1.54) is 38.5 Å². The molecular formula is C19H20FN3O4. The average molecular weight is 373 g/mol. The molecule has 2 rings (SSSR count). The van der Waals surface area contributed by atoms with E-state index in [4.69, 9.17) is 9.47 Å². The lowest BCUT2D eigenvalue weighted by Gasteiger charge is -2.09. The summed E-state index contributed by atoms with van der Waals surface area (Å²) in [5, 5.41) is 6.33. The normalized spacial score (nSPS) is 10.9. The Kier molecular flexibility index (Phi) is 6.87. The number of carbonyl (C=O) groups excluding carboxylic acids is 2. The van der Waals surface area contributed by atoms with Gasteiger partial charge in [-0.3, -0.25) is 9.59 Å². The Morgan fingerprint density at radius 1 is 1.07 bits per heavy atom. The maximum Gasteiger partial charge on any atom is 0.259 e. The largest absolute Gasteiger partial charge is 0.493 e. The van der Waals surface area contributed by atoms with Gasteiger partial charge in [-0.2, -0.15) is 5.10 Å². The van der Waals surface area contributed by atoms with Gasteiger partial charge in [-0.15, -0.1) is 0 Å². The molecule has 0 radical (unpaired) electrons. The van der Waals surface area contributed by atoms with E-state index >= 15 is 0 Å². The summed E-state index contributed by atoms with van der Waals surface area (Å²) in [5.41, 5.74) is 3.47. The fourth-order valence-electron chi connectivity index (χ4n) is 2.21. The highest BCUT2D eigenvalue weighted by molar-refractivity contribution is 6.00. The molecular weight excluding hydrogens is 353 g/mol. The highest BCUT2D eigenvalue weighted by atomic mass is 19.1. The summed E-state index contributed by atoms with van der Waals surface area (Å²) in [6.07, 6.45) is 0. The van der Waals surface area contributed by atoms with Gasteiger partial charge in [0, 0.05) is 5.56 Å². The van der Waals surface area contributed by atoms with E-state index < -0.39 is 17.6 Å². The lowest BCUT2D eigenvalue weighted by Crippen LogP contribution is -2.35. The van der Waals surface area contributed by atoms with Crippen molar-refractivity contribution in [1.82, 2.24) is 10.7 Å². The molecule has 0 unspecified atom stereocenters. The number of hydrogen-bond acceptors (Lipinski definition) is 5. The van der Waals surface area contributed by atoms with Gasteiger partial charge in [-0.25, -0.2) is 9.82 Å². The maximum atomic E-state index is 13.5. The molecule has 8 heteroatoms. The molecule has 2 amide bonds. The zero-order valence-corrected chi connectivity index (χ0v) is 15.2. The van der Waals surface area contributed by atoms with Gasteiger partial charge < -0.3 is 14.8 Å². The highest BCUT2D eigenvalue weighted by Crippen LogP contribution is 2.27. The Labute approximate surface area is 156 Å². The Hall–Kier alpha value is -3.42. The van der Waals surface area contributed by atoms with E-state index in [1.54, 1.807) is 25.1 Å². The number of nitrogens with zero attached hydrogens (tertiary/aromatic N) is 1. The third kappa shape index (κ3) is 5.27. The van der Waals surface area contributed by atoms with E-state index in [2.05, 4.69) is 15.8 Å². The second-order valence-corrected chi connectivity index (χ2v) is 5.46. The molecule has 2 N–H and O–H groups in total. The zero-order valence-electron chi connectivity index (χ0n) is 15.2. The molecule has 0 aliphatic heterocycles. The van der Waals surface area contributed by atoms with Crippen molar-refractivity contribution in [3.05, 3.63) is 59.4 Å². The smallest absolute Gasteiger partial charge is 0.259 e. The summed E-state index contributed by atoms with van der Waals surface area (Å²) in [7, 11) is 3.06. The Morgan fingerprint density at radius 3 is 2.44 bits per heavy atom. The number of hydrogen-bond donors (Lipinski definition) is 2. The molecule has 0 saturated carbocycles. The summed E-state index contributed by atoms with van der Waals surface area (Å²) in [5.74, 6) is -0.761. The number of rotatable bonds is 7. The Balaban J connectivity index is 1.94. The van der Waals surface area contributed by atoms with Crippen LogP contribution in [0.4, 0.5) is 4.39 Å². The van der Waals surface area contributed by atoms with Crippen LogP contribution in [0, 0.1) is 5.82 Å². The lowest BCUT2D eigenvalue weighted by atomic mass is 10.1. The summed E-state index contributed by atoms with van der Waals surface area (Å²) < 4.78 is 23.9. The fourth-order valence-corrected chi connectivity index (χ4v) is 2.21. The number of hydrazone groups is 1. The number of amides is 2. The first kappa shape index (κ1) is 19.9. The van der Waals surface area contributed by atoms with Gasteiger partial charge in [-0.05, 0) is 37.3 Å². The van der Waals surface area contributed by atoms with Crippen LogP contribution in [0.5, 0.6) is 11.5 Å². The Morgan fingerprint density at radius 2 is 1.78 bits per heavy atom. The summed E-state index contributed by atoms with van der Waals surface area (Å²) in [6, 6.07) is 10.7. The molecule has 0 bridgehead atoms. The van der Waals surface area contributed by atoms with E-state index in [0.717, 1.165) is 5.56 Å². The lowest BCUT2D eigenvalue weighted by molar-refractivity contribution is -0.120. The maximum absolute atomic E-state index is 13.5. The SMILES string of the molecule is COc1ccc(/C(C)=N\NC(=O)CNC(=O)c2ccccc2F)cc1OC. The second-order valence-electron chi connectivity index (χ2n) is 5.46. The van der Waals surface area contributed by atoms with Crippen molar-refractivity contribution in [3.63, 3.8) is 0 Å². The van der Waals surface area contributed by atoms with E-state index in [0.29, 0.717) is 17.2 Å². The minimum Gasteiger partial charge on any atom is -0.493 e. The van der Waals surface area contributed by atoms with Gasteiger partial charge in [0.1, 0.15) is 5.82 Å². The van der Waals surface area contributed by atoms with Crippen molar-refractivity contribution in [1.29, 1.82) is 0 Å². The molecule has 0 aromatic heterocycles. The van der Waals surface area contributed by atoms with Crippen molar-refractivity contribution in [3.8, 4) is 11.5 Å². The minimum atomic E-state index is -0.677. The predicted molar refractivity (Wildman–Crippen MR) is 98.6 cm³/mol. The van der Waals surface area contributed by atoms with Crippen molar-refractivity contribution in [2.75, 3.05) is 20.8 Å². The quantitative estimate of drug-likeness (QED) is 0.575. The monoisotopic (exact) mass is 373 g/mol. The van der Waals surface area contributed by atoms with Crippen LogP contribution in [-0.4, -0.2) is 38.3 Å². The van der Waals surface area contributed by atoms with Crippen LogP contribution >= 0.6 is 0 Å². The molecule has 0 aliphatic rings. The van der Waals surface area contributed by atoms with Crippen LogP contribution in [0.2, 0.25) is 0 Å². The van der Waals surface area contributed by atoms with Crippen LogP contribution in [0.25, 0.3) is 0 Å². The van der Waals surface area contributed by atoms with Crippen LogP contribution in [0.15, 0.2) is 47.6 Å². The third-order valence-corrected chi connectivity index (χ3v) is 3.68. The predicted octanol–water partition coefficient (Wildman–Crippen LogP) is 2.11. The first-order chi connectivity index (χ1) is 13.0. The number of halogens is 1. The van der Waals surface area contributed by atoms with Crippen molar-refractivity contribution in [2.45, 2.75) is 6.92 Å². The first-order valence-corrected chi connectivity index (χ1v) is 8.04. The molecule has 0 atom stereocenters. The molecule has 0 heterocycles. The molecule has 2 aromatic carbocycles. The topological polar surface area (TPSA) is 89.0 Å². The van der Waals surface area contributed by atoms with Crippen molar-refractivity contribution >= 4 is 17.5 Å². The zero-order chi connectivity index (χ0) is 19.8. The molecule has 0 spiro atoms. The second kappa shape index (κ2) is 9.33. The van der Waals surface area contributed by atoms with Crippen molar-refractivity contribution < 1.29 is 23.5 Å². The van der Waals surface area contributed by atoms with Gasteiger partial charge in [-0.1, -0.05) is 12.1 Å². The highest BCUT2D eigenvalue weighted by Gasteiger charge is 2.12.